The van der Waals surface area contributed by atoms with Crippen molar-refractivity contribution in [2.75, 3.05) is 7.05 Å². The van der Waals surface area contributed by atoms with Crippen LogP contribution in [0.1, 0.15) is 18.5 Å². The van der Waals surface area contributed by atoms with Gasteiger partial charge in [-0.1, -0.05) is 30.3 Å². The van der Waals surface area contributed by atoms with Gasteiger partial charge in [0.15, 0.2) is 0 Å². The number of fused-ring (bicyclic) bond motifs is 1. The maximum absolute atomic E-state index is 13.8. The SMILES string of the molecule is CNC(C)c1ccc(F)cc1-c1cccc2cccnc12. The van der Waals surface area contributed by atoms with E-state index in [0.29, 0.717) is 0 Å². The molecule has 0 amide bonds. The number of pyridine rings is 1. The molecule has 0 fully saturated rings. The van der Waals surface area contributed by atoms with Crippen molar-refractivity contribution in [2.45, 2.75) is 13.0 Å². The zero-order valence-electron chi connectivity index (χ0n) is 12.1. The van der Waals surface area contributed by atoms with Crippen LogP contribution in [0, 0.1) is 5.82 Å². The molecule has 0 saturated heterocycles. The molecule has 3 heteroatoms. The highest BCUT2D eigenvalue weighted by molar-refractivity contribution is 5.94. The highest BCUT2D eigenvalue weighted by Gasteiger charge is 2.14. The third kappa shape index (κ3) is 2.52. The second kappa shape index (κ2) is 5.62. The van der Waals surface area contributed by atoms with Gasteiger partial charge in [-0.2, -0.15) is 0 Å². The standard InChI is InChI=1S/C18H17FN2/c1-12(20-2)15-9-8-14(19)11-17(15)16-7-3-5-13-6-4-10-21-18(13)16/h3-12,20H,1-2H3. The summed E-state index contributed by atoms with van der Waals surface area (Å²) >= 11 is 0. The lowest BCUT2D eigenvalue weighted by atomic mass is 9.94. The van der Waals surface area contributed by atoms with Crippen LogP contribution in [0.25, 0.3) is 22.0 Å². The first-order valence-electron chi connectivity index (χ1n) is 7.01. The molecule has 0 saturated carbocycles. The number of nitrogens with one attached hydrogen (secondary N) is 1. The van der Waals surface area contributed by atoms with Crippen molar-refractivity contribution in [3.05, 3.63) is 66.1 Å². The molecular formula is C18H17FN2. The zero-order valence-corrected chi connectivity index (χ0v) is 12.1. The van der Waals surface area contributed by atoms with Gasteiger partial charge in [0, 0.05) is 23.2 Å². The lowest BCUT2D eigenvalue weighted by Crippen LogP contribution is -2.13. The van der Waals surface area contributed by atoms with Gasteiger partial charge in [0.2, 0.25) is 0 Å². The van der Waals surface area contributed by atoms with Crippen LogP contribution < -0.4 is 5.32 Å². The first kappa shape index (κ1) is 13.7. The molecule has 0 aliphatic rings. The molecule has 1 heterocycles. The van der Waals surface area contributed by atoms with Crippen molar-refractivity contribution >= 4 is 10.9 Å². The van der Waals surface area contributed by atoms with E-state index in [-0.39, 0.29) is 11.9 Å². The number of rotatable bonds is 3. The summed E-state index contributed by atoms with van der Waals surface area (Å²) in [6.07, 6.45) is 1.77. The fraction of sp³-hybridized carbons (Fsp3) is 0.167. The van der Waals surface area contributed by atoms with E-state index < -0.39 is 0 Å². The van der Waals surface area contributed by atoms with Gasteiger partial charge in [-0.3, -0.25) is 4.98 Å². The fourth-order valence-electron chi connectivity index (χ4n) is 2.62. The molecule has 0 bridgehead atoms. The molecular weight excluding hydrogens is 263 g/mol. The van der Waals surface area contributed by atoms with Gasteiger partial charge in [-0.05, 0) is 43.3 Å². The predicted molar refractivity (Wildman–Crippen MR) is 84.6 cm³/mol. The number of benzene rings is 2. The number of hydrogen-bond acceptors (Lipinski definition) is 2. The highest BCUT2D eigenvalue weighted by atomic mass is 19.1. The van der Waals surface area contributed by atoms with E-state index in [1.807, 2.05) is 43.4 Å². The molecule has 2 nitrogen and oxygen atoms in total. The number of hydrogen-bond donors (Lipinski definition) is 1. The van der Waals surface area contributed by atoms with Crippen molar-refractivity contribution < 1.29 is 4.39 Å². The summed E-state index contributed by atoms with van der Waals surface area (Å²) in [5.74, 6) is -0.231. The number of para-hydroxylation sites is 1. The molecule has 0 radical (unpaired) electrons. The van der Waals surface area contributed by atoms with E-state index in [9.17, 15) is 4.39 Å². The van der Waals surface area contributed by atoms with E-state index in [1.54, 1.807) is 12.3 Å². The molecule has 1 N–H and O–H groups in total. The Bertz CT molecular complexity index is 778. The molecule has 1 atom stereocenters. The van der Waals surface area contributed by atoms with Crippen molar-refractivity contribution in [3.63, 3.8) is 0 Å². The Hall–Kier alpha value is -2.26. The topological polar surface area (TPSA) is 24.9 Å². The zero-order chi connectivity index (χ0) is 14.8. The Kier molecular flexibility index (Phi) is 3.67. The van der Waals surface area contributed by atoms with Gasteiger partial charge in [0.1, 0.15) is 5.82 Å². The first-order valence-corrected chi connectivity index (χ1v) is 7.01. The van der Waals surface area contributed by atoms with Gasteiger partial charge in [0.25, 0.3) is 0 Å². The molecule has 2 aromatic carbocycles. The molecule has 3 rings (SSSR count). The summed E-state index contributed by atoms with van der Waals surface area (Å²) in [6.45, 7) is 2.06. The fourth-order valence-corrected chi connectivity index (χ4v) is 2.62. The lowest BCUT2D eigenvalue weighted by Gasteiger charge is -2.17. The van der Waals surface area contributed by atoms with Gasteiger partial charge in [-0.25, -0.2) is 4.39 Å². The van der Waals surface area contributed by atoms with Gasteiger partial charge >= 0.3 is 0 Å². The van der Waals surface area contributed by atoms with E-state index >= 15 is 0 Å². The van der Waals surface area contributed by atoms with Crippen molar-refractivity contribution in [3.8, 4) is 11.1 Å². The monoisotopic (exact) mass is 280 g/mol. The molecule has 0 aliphatic heterocycles. The number of nitrogens with zero attached hydrogens (tertiary/aromatic N) is 1. The molecule has 0 spiro atoms. The Morgan fingerprint density at radius 2 is 1.86 bits per heavy atom. The quantitative estimate of drug-likeness (QED) is 0.772. The van der Waals surface area contributed by atoms with E-state index in [2.05, 4.69) is 17.2 Å². The number of halogens is 1. The maximum Gasteiger partial charge on any atom is 0.123 e. The van der Waals surface area contributed by atoms with Gasteiger partial charge < -0.3 is 5.32 Å². The third-order valence-corrected chi connectivity index (χ3v) is 3.84. The minimum atomic E-state index is -0.231. The third-order valence-electron chi connectivity index (χ3n) is 3.84. The molecule has 1 unspecified atom stereocenters. The van der Waals surface area contributed by atoms with Gasteiger partial charge in [0.05, 0.1) is 5.52 Å². The van der Waals surface area contributed by atoms with E-state index in [4.69, 9.17) is 0 Å². The second-order valence-electron chi connectivity index (χ2n) is 5.12. The minimum Gasteiger partial charge on any atom is -0.313 e. The molecule has 106 valence electrons. The molecule has 0 aliphatic carbocycles. The largest absolute Gasteiger partial charge is 0.313 e. The summed E-state index contributed by atoms with van der Waals surface area (Å²) in [5, 5.41) is 4.27. The van der Waals surface area contributed by atoms with Crippen LogP contribution in [-0.4, -0.2) is 12.0 Å². The van der Waals surface area contributed by atoms with Crippen molar-refractivity contribution in [1.82, 2.24) is 10.3 Å². The molecule has 21 heavy (non-hydrogen) atoms. The van der Waals surface area contributed by atoms with Crippen LogP contribution in [-0.2, 0) is 0 Å². The van der Waals surface area contributed by atoms with E-state index in [0.717, 1.165) is 27.6 Å². The van der Waals surface area contributed by atoms with Crippen LogP contribution in [0.4, 0.5) is 4.39 Å². The highest BCUT2D eigenvalue weighted by Crippen LogP contribution is 2.33. The summed E-state index contributed by atoms with van der Waals surface area (Å²) in [5.41, 5.74) is 3.82. The summed E-state index contributed by atoms with van der Waals surface area (Å²) < 4.78 is 13.8. The summed E-state index contributed by atoms with van der Waals surface area (Å²) in [7, 11) is 1.90. The number of aromatic nitrogens is 1. The second-order valence-corrected chi connectivity index (χ2v) is 5.12. The van der Waals surface area contributed by atoms with Crippen molar-refractivity contribution in [2.24, 2.45) is 0 Å². The predicted octanol–water partition coefficient (Wildman–Crippen LogP) is 4.32. The maximum atomic E-state index is 13.8. The minimum absolute atomic E-state index is 0.138. The van der Waals surface area contributed by atoms with E-state index in [1.165, 1.54) is 6.07 Å². The smallest absolute Gasteiger partial charge is 0.123 e. The van der Waals surface area contributed by atoms with Crippen LogP contribution in [0.15, 0.2) is 54.7 Å². The normalized spacial score (nSPS) is 12.5. The van der Waals surface area contributed by atoms with Crippen molar-refractivity contribution in [1.29, 1.82) is 0 Å². The Labute approximate surface area is 123 Å². The van der Waals surface area contributed by atoms with Crippen LogP contribution >= 0.6 is 0 Å². The summed E-state index contributed by atoms with van der Waals surface area (Å²) in [4.78, 5) is 4.47. The Balaban J connectivity index is 2.30. The van der Waals surface area contributed by atoms with Crippen LogP contribution in [0.5, 0.6) is 0 Å². The van der Waals surface area contributed by atoms with Crippen LogP contribution in [0.2, 0.25) is 0 Å². The molecule has 3 aromatic rings. The average molecular weight is 280 g/mol. The lowest BCUT2D eigenvalue weighted by molar-refractivity contribution is 0.620. The van der Waals surface area contributed by atoms with Crippen LogP contribution in [0.3, 0.4) is 0 Å². The summed E-state index contributed by atoms with van der Waals surface area (Å²) in [6, 6.07) is 15.0. The Morgan fingerprint density at radius 1 is 1.05 bits per heavy atom. The van der Waals surface area contributed by atoms with Gasteiger partial charge in [-0.15, -0.1) is 0 Å². The average Bonchev–Trinajstić information content (AvgIpc) is 2.53. The first-order chi connectivity index (χ1) is 10.2. The molecule has 1 aromatic heterocycles. The Morgan fingerprint density at radius 3 is 2.67 bits per heavy atom.